The first-order valence-corrected chi connectivity index (χ1v) is 6.45. The molecule has 0 aromatic carbocycles. The lowest BCUT2D eigenvalue weighted by atomic mass is 10.0. The maximum Gasteiger partial charge on any atom is 0.0950 e. The van der Waals surface area contributed by atoms with Crippen molar-refractivity contribution < 1.29 is 4.42 Å². The molecule has 2 heterocycles. The minimum atomic E-state index is 0.290. The molecular weight excluding hydrogens is 226 g/mol. The zero-order valence-corrected chi connectivity index (χ0v) is 11.3. The molecule has 0 aliphatic carbocycles. The third-order valence-electron chi connectivity index (χ3n) is 3.10. The average molecular weight is 247 g/mol. The van der Waals surface area contributed by atoms with Crippen molar-refractivity contribution in [3.8, 4) is 0 Å². The zero-order valence-electron chi connectivity index (χ0n) is 11.3. The lowest BCUT2D eigenvalue weighted by Crippen LogP contribution is -2.24. The Morgan fingerprint density at radius 2 is 2.33 bits per heavy atom. The number of nitrogens with one attached hydrogen (secondary N) is 1. The second-order valence-electron chi connectivity index (χ2n) is 4.67. The second-order valence-corrected chi connectivity index (χ2v) is 4.67. The van der Waals surface area contributed by atoms with Crippen LogP contribution in [0.2, 0.25) is 0 Å². The zero-order chi connectivity index (χ0) is 13.0. The summed E-state index contributed by atoms with van der Waals surface area (Å²) >= 11 is 0. The van der Waals surface area contributed by atoms with Crippen LogP contribution in [0.3, 0.4) is 0 Å². The van der Waals surface area contributed by atoms with Crippen LogP contribution in [0.25, 0.3) is 0 Å². The quantitative estimate of drug-likeness (QED) is 0.853. The van der Waals surface area contributed by atoms with Crippen LogP contribution in [0.5, 0.6) is 0 Å². The fourth-order valence-corrected chi connectivity index (χ4v) is 2.16. The highest BCUT2D eigenvalue weighted by atomic mass is 16.3. The summed E-state index contributed by atoms with van der Waals surface area (Å²) in [6.07, 6.45) is 5.59. The van der Waals surface area contributed by atoms with E-state index >= 15 is 0 Å². The Morgan fingerprint density at radius 1 is 1.50 bits per heavy atom. The summed E-state index contributed by atoms with van der Waals surface area (Å²) in [4.78, 5) is 0. The lowest BCUT2D eigenvalue weighted by molar-refractivity contribution is 0.500. The number of hydrogen-bond donors (Lipinski definition) is 1. The molecule has 0 radical (unpaired) electrons. The Bertz CT molecular complexity index is 473. The molecule has 0 saturated heterocycles. The maximum atomic E-state index is 5.19. The van der Waals surface area contributed by atoms with Gasteiger partial charge in [-0.3, -0.25) is 4.68 Å². The molecule has 2 rings (SSSR count). The minimum absolute atomic E-state index is 0.290. The normalized spacial score (nSPS) is 12.8. The van der Waals surface area contributed by atoms with E-state index in [1.165, 1.54) is 11.3 Å². The molecule has 0 bridgehead atoms. The number of aromatic nitrogens is 2. The number of aryl methyl sites for hydroxylation is 2. The van der Waals surface area contributed by atoms with Crippen molar-refractivity contribution in [3.05, 3.63) is 41.6 Å². The van der Waals surface area contributed by atoms with Crippen LogP contribution in [0.4, 0.5) is 0 Å². The van der Waals surface area contributed by atoms with E-state index in [1.54, 1.807) is 6.26 Å². The van der Waals surface area contributed by atoms with Crippen molar-refractivity contribution in [1.29, 1.82) is 0 Å². The highest BCUT2D eigenvalue weighted by molar-refractivity contribution is 5.17. The molecule has 2 aromatic rings. The molecule has 1 atom stereocenters. The lowest BCUT2D eigenvalue weighted by Gasteiger charge is -2.17. The number of rotatable bonds is 6. The largest absolute Gasteiger partial charge is 0.472 e. The fourth-order valence-electron chi connectivity index (χ4n) is 2.16. The predicted molar refractivity (Wildman–Crippen MR) is 71.4 cm³/mol. The molecule has 1 unspecified atom stereocenters. The molecule has 18 heavy (non-hydrogen) atoms. The van der Waals surface area contributed by atoms with E-state index in [0.717, 1.165) is 25.1 Å². The summed E-state index contributed by atoms with van der Waals surface area (Å²) < 4.78 is 7.14. The van der Waals surface area contributed by atoms with Crippen LogP contribution < -0.4 is 5.32 Å². The summed E-state index contributed by atoms with van der Waals surface area (Å²) in [5.74, 6) is 0. The summed E-state index contributed by atoms with van der Waals surface area (Å²) in [5, 5.41) is 7.95. The van der Waals surface area contributed by atoms with E-state index in [4.69, 9.17) is 4.42 Å². The Hall–Kier alpha value is -1.55. The average Bonchev–Trinajstić information content (AvgIpc) is 2.95. The molecule has 2 aromatic heterocycles. The Balaban J connectivity index is 2.12. The van der Waals surface area contributed by atoms with E-state index in [1.807, 2.05) is 31.0 Å². The van der Waals surface area contributed by atoms with Gasteiger partial charge >= 0.3 is 0 Å². The van der Waals surface area contributed by atoms with E-state index in [9.17, 15) is 0 Å². The summed E-state index contributed by atoms with van der Waals surface area (Å²) in [5.41, 5.74) is 3.50. The molecular formula is C14H21N3O. The molecule has 0 saturated carbocycles. The van der Waals surface area contributed by atoms with Gasteiger partial charge in [0.1, 0.15) is 0 Å². The minimum Gasteiger partial charge on any atom is -0.472 e. The van der Waals surface area contributed by atoms with Crippen LogP contribution in [0.15, 0.2) is 29.1 Å². The first-order valence-electron chi connectivity index (χ1n) is 6.45. The maximum absolute atomic E-state index is 5.19. The molecule has 0 aliphatic rings. The fraction of sp³-hybridized carbons (Fsp3) is 0.500. The van der Waals surface area contributed by atoms with Gasteiger partial charge in [-0.1, -0.05) is 6.92 Å². The first kappa shape index (κ1) is 12.9. The van der Waals surface area contributed by atoms with Crippen molar-refractivity contribution in [2.45, 2.75) is 32.7 Å². The van der Waals surface area contributed by atoms with Crippen molar-refractivity contribution >= 4 is 0 Å². The van der Waals surface area contributed by atoms with Gasteiger partial charge in [-0.15, -0.1) is 0 Å². The van der Waals surface area contributed by atoms with E-state index < -0.39 is 0 Å². The molecule has 4 heteroatoms. The van der Waals surface area contributed by atoms with E-state index in [0.29, 0.717) is 6.04 Å². The number of furan rings is 1. The van der Waals surface area contributed by atoms with Crippen LogP contribution >= 0.6 is 0 Å². The number of nitrogens with zero attached hydrogens (tertiary/aromatic N) is 2. The highest BCUT2D eigenvalue weighted by Crippen LogP contribution is 2.19. The van der Waals surface area contributed by atoms with Crippen LogP contribution in [-0.2, 0) is 13.5 Å². The molecule has 0 amide bonds. The van der Waals surface area contributed by atoms with Gasteiger partial charge in [0.2, 0.25) is 0 Å². The topological polar surface area (TPSA) is 43.0 Å². The molecule has 0 fully saturated rings. The third-order valence-corrected chi connectivity index (χ3v) is 3.10. The van der Waals surface area contributed by atoms with Crippen molar-refractivity contribution in [1.82, 2.24) is 15.1 Å². The van der Waals surface area contributed by atoms with Gasteiger partial charge in [-0.25, -0.2) is 0 Å². The molecule has 4 nitrogen and oxygen atoms in total. The van der Waals surface area contributed by atoms with Crippen LogP contribution in [-0.4, -0.2) is 16.3 Å². The van der Waals surface area contributed by atoms with Gasteiger partial charge in [-0.2, -0.15) is 5.10 Å². The Morgan fingerprint density at radius 3 is 2.89 bits per heavy atom. The van der Waals surface area contributed by atoms with Crippen molar-refractivity contribution in [2.75, 3.05) is 6.54 Å². The van der Waals surface area contributed by atoms with Gasteiger partial charge in [0, 0.05) is 30.8 Å². The van der Waals surface area contributed by atoms with Gasteiger partial charge in [0.05, 0.1) is 18.2 Å². The highest BCUT2D eigenvalue weighted by Gasteiger charge is 2.15. The Labute approximate surface area is 108 Å². The third kappa shape index (κ3) is 3.01. The monoisotopic (exact) mass is 247 g/mol. The SMILES string of the molecule is CCCNC(Cc1cc(C)nn1C)c1ccoc1. The molecule has 0 aliphatic heterocycles. The molecule has 0 spiro atoms. The second kappa shape index (κ2) is 5.87. The van der Waals surface area contributed by atoms with Gasteiger partial charge in [-0.05, 0) is 32.0 Å². The van der Waals surface area contributed by atoms with Crippen molar-refractivity contribution in [3.63, 3.8) is 0 Å². The van der Waals surface area contributed by atoms with E-state index in [2.05, 4.69) is 23.4 Å². The molecule has 98 valence electrons. The van der Waals surface area contributed by atoms with Gasteiger partial charge in [0.15, 0.2) is 0 Å². The standard InChI is InChI=1S/C14H21N3O/c1-4-6-15-14(12-5-7-18-10-12)9-13-8-11(2)16-17(13)3/h5,7-8,10,14-15H,4,6,9H2,1-3H3. The Kier molecular flexibility index (Phi) is 4.20. The summed E-state index contributed by atoms with van der Waals surface area (Å²) in [7, 11) is 1.99. The van der Waals surface area contributed by atoms with Gasteiger partial charge < -0.3 is 9.73 Å². The van der Waals surface area contributed by atoms with Crippen molar-refractivity contribution in [2.24, 2.45) is 7.05 Å². The van der Waals surface area contributed by atoms with Crippen LogP contribution in [0.1, 0.15) is 36.3 Å². The smallest absolute Gasteiger partial charge is 0.0950 e. The number of hydrogen-bond acceptors (Lipinski definition) is 3. The predicted octanol–water partition coefficient (Wildman–Crippen LogP) is 2.60. The first-order chi connectivity index (χ1) is 8.70. The van der Waals surface area contributed by atoms with Crippen LogP contribution in [0, 0.1) is 6.92 Å². The summed E-state index contributed by atoms with van der Waals surface area (Å²) in [6.45, 7) is 5.20. The van der Waals surface area contributed by atoms with E-state index in [-0.39, 0.29) is 0 Å². The summed E-state index contributed by atoms with van der Waals surface area (Å²) in [6, 6.07) is 4.45. The van der Waals surface area contributed by atoms with Gasteiger partial charge in [0.25, 0.3) is 0 Å². The molecule has 1 N–H and O–H groups in total.